The first-order chi connectivity index (χ1) is 9.50. The van der Waals surface area contributed by atoms with Crippen molar-refractivity contribution in [1.29, 1.82) is 5.26 Å². The molecule has 1 aromatic carbocycles. The van der Waals surface area contributed by atoms with Gasteiger partial charge < -0.3 is 10.6 Å². The summed E-state index contributed by atoms with van der Waals surface area (Å²) >= 11 is 0. The van der Waals surface area contributed by atoms with Crippen LogP contribution < -0.4 is 5.73 Å². The molecule has 2 rings (SSSR count). The first kappa shape index (κ1) is 14.5. The third-order valence-electron chi connectivity index (χ3n) is 3.88. The highest BCUT2D eigenvalue weighted by Crippen LogP contribution is 2.31. The fourth-order valence-electron chi connectivity index (χ4n) is 2.36. The Labute approximate surface area is 118 Å². The fourth-order valence-corrected chi connectivity index (χ4v) is 2.36. The number of benzene rings is 1. The van der Waals surface area contributed by atoms with Gasteiger partial charge in [-0.3, -0.25) is 4.79 Å². The zero-order valence-corrected chi connectivity index (χ0v) is 11.5. The third kappa shape index (κ3) is 2.66. The van der Waals surface area contributed by atoms with E-state index in [-0.39, 0.29) is 18.0 Å². The first-order valence-corrected chi connectivity index (χ1v) is 6.77. The summed E-state index contributed by atoms with van der Waals surface area (Å²) in [6, 6.07) is 6.18. The van der Waals surface area contributed by atoms with Gasteiger partial charge in [0.05, 0.1) is 17.2 Å². The van der Waals surface area contributed by atoms with Crippen LogP contribution in [0.5, 0.6) is 0 Å². The van der Waals surface area contributed by atoms with E-state index in [4.69, 9.17) is 11.0 Å². The van der Waals surface area contributed by atoms with Gasteiger partial charge in [-0.2, -0.15) is 5.26 Å². The average Bonchev–Trinajstić information content (AvgIpc) is 2.42. The molecule has 106 valence electrons. The van der Waals surface area contributed by atoms with E-state index in [0.717, 1.165) is 6.42 Å². The molecule has 1 aromatic rings. The van der Waals surface area contributed by atoms with Gasteiger partial charge in [0, 0.05) is 18.7 Å². The quantitative estimate of drug-likeness (QED) is 0.912. The molecular formula is C15H18FN3O. The normalized spacial score (nSPS) is 16.1. The molecule has 0 aliphatic heterocycles. The number of nitrogens with two attached hydrogens (primary N) is 1. The molecule has 0 atom stereocenters. The number of rotatable bonds is 4. The predicted molar refractivity (Wildman–Crippen MR) is 73.0 cm³/mol. The van der Waals surface area contributed by atoms with Crippen molar-refractivity contribution < 1.29 is 9.18 Å². The monoisotopic (exact) mass is 275 g/mol. The Hall–Kier alpha value is -1.93. The van der Waals surface area contributed by atoms with Crippen LogP contribution in [0.1, 0.15) is 37.3 Å². The van der Waals surface area contributed by atoms with Gasteiger partial charge in [-0.1, -0.05) is 6.07 Å². The first-order valence-electron chi connectivity index (χ1n) is 6.77. The van der Waals surface area contributed by atoms with Gasteiger partial charge in [0.15, 0.2) is 0 Å². The SMILES string of the molecule is CCN(Cc1ccc(C#N)cc1F)C(=O)C1(N)CCC1. The molecule has 5 heteroatoms. The van der Waals surface area contributed by atoms with Crippen LogP contribution in [0.4, 0.5) is 4.39 Å². The topological polar surface area (TPSA) is 70.1 Å². The van der Waals surface area contributed by atoms with Crippen molar-refractivity contribution in [2.75, 3.05) is 6.54 Å². The summed E-state index contributed by atoms with van der Waals surface area (Å²) in [5, 5.41) is 8.72. The third-order valence-corrected chi connectivity index (χ3v) is 3.88. The van der Waals surface area contributed by atoms with Gasteiger partial charge in [-0.05, 0) is 38.3 Å². The second-order valence-corrected chi connectivity index (χ2v) is 5.25. The van der Waals surface area contributed by atoms with Gasteiger partial charge in [-0.15, -0.1) is 0 Å². The lowest BCUT2D eigenvalue weighted by molar-refractivity contribution is -0.140. The van der Waals surface area contributed by atoms with Crippen LogP contribution in [0.3, 0.4) is 0 Å². The number of hydrogen-bond acceptors (Lipinski definition) is 3. The van der Waals surface area contributed by atoms with Gasteiger partial charge in [-0.25, -0.2) is 4.39 Å². The number of carbonyl (C=O) groups excluding carboxylic acids is 1. The fraction of sp³-hybridized carbons (Fsp3) is 0.467. The van der Waals surface area contributed by atoms with Crippen LogP contribution in [-0.4, -0.2) is 22.9 Å². The Kier molecular flexibility index (Phi) is 4.05. The minimum Gasteiger partial charge on any atom is -0.337 e. The highest BCUT2D eigenvalue weighted by Gasteiger charge is 2.42. The highest BCUT2D eigenvalue weighted by atomic mass is 19.1. The lowest BCUT2D eigenvalue weighted by Crippen LogP contribution is -2.59. The minimum atomic E-state index is -0.765. The lowest BCUT2D eigenvalue weighted by atomic mass is 9.76. The van der Waals surface area contributed by atoms with Crippen LogP contribution in [0.2, 0.25) is 0 Å². The van der Waals surface area contributed by atoms with E-state index >= 15 is 0 Å². The molecule has 2 N–H and O–H groups in total. The van der Waals surface area contributed by atoms with Crippen LogP contribution >= 0.6 is 0 Å². The number of amides is 1. The van der Waals surface area contributed by atoms with E-state index in [1.807, 2.05) is 13.0 Å². The Morgan fingerprint density at radius 2 is 2.25 bits per heavy atom. The number of nitriles is 1. The standard InChI is InChI=1S/C15H18FN3O/c1-2-19(14(20)15(18)6-3-7-15)10-12-5-4-11(9-17)8-13(12)16/h4-5,8H,2-3,6-7,10,18H2,1H3. The number of nitrogens with zero attached hydrogens (tertiary/aromatic N) is 2. The van der Waals surface area contributed by atoms with Gasteiger partial charge in [0.25, 0.3) is 0 Å². The molecule has 4 nitrogen and oxygen atoms in total. The van der Waals surface area contributed by atoms with E-state index in [1.165, 1.54) is 6.07 Å². The van der Waals surface area contributed by atoms with Gasteiger partial charge in [0.1, 0.15) is 5.82 Å². The molecular weight excluding hydrogens is 257 g/mol. The van der Waals surface area contributed by atoms with Crippen LogP contribution in [0.15, 0.2) is 18.2 Å². The smallest absolute Gasteiger partial charge is 0.242 e. The van der Waals surface area contributed by atoms with Gasteiger partial charge >= 0.3 is 0 Å². The predicted octanol–water partition coefficient (Wildman–Crippen LogP) is 1.93. The summed E-state index contributed by atoms with van der Waals surface area (Å²) in [6.07, 6.45) is 2.35. The summed E-state index contributed by atoms with van der Waals surface area (Å²) in [5.74, 6) is -0.579. The van der Waals surface area contributed by atoms with Crippen molar-refractivity contribution in [3.63, 3.8) is 0 Å². The lowest BCUT2D eigenvalue weighted by Gasteiger charge is -2.40. The second kappa shape index (κ2) is 5.59. The molecule has 1 aliphatic carbocycles. The summed E-state index contributed by atoms with van der Waals surface area (Å²) < 4.78 is 13.9. The van der Waals surface area contributed by atoms with E-state index in [1.54, 1.807) is 17.0 Å². The molecule has 1 amide bonds. The van der Waals surface area contributed by atoms with Crippen molar-refractivity contribution in [1.82, 2.24) is 4.90 Å². The molecule has 0 radical (unpaired) electrons. The number of carbonyl (C=O) groups is 1. The molecule has 0 saturated heterocycles. The second-order valence-electron chi connectivity index (χ2n) is 5.25. The maximum absolute atomic E-state index is 13.9. The van der Waals surface area contributed by atoms with E-state index in [2.05, 4.69) is 0 Å². The van der Waals surface area contributed by atoms with Gasteiger partial charge in [0.2, 0.25) is 5.91 Å². The Morgan fingerprint density at radius 3 is 2.70 bits per heavy atom. The average molecular weight is 275 g/mol. The van der Waals surface area contributed by atoms with Crippen LogP contribution in [0, 0.1) is 17.1 Å². The molecule has 0 spiro atoms. The number of likely N-dealkylation sites (N-methyl/N-ethyl adjacent to an activating group) is 1. The Bertz CT molecular complexity index is 561. The minimum absolute atomic E-state index is 0.116. The van der Waals surface area contributed by atoms with Crippen LogP contribution in [-0.2, 0) is 11.3 Å². The largest absolute Gasteiger partial charge is 0.337 e. The molecule has 1 saturated carbocycles. The van der Waals surface area contributed by atoms with Crippen molar-refractivity contribution in [3.8, 4) is 6.07 Å². The summed E-state index contributed by atoms with van der Waals surface area (Å²) in [5.41, 5.74) is 5.95. The molecule has 20 heavy (non-hydrogen) atoms. The summed E-state index contributed by atoms with van der Waals surface area (Å²) in [4.78, 5) is 13.9. The molecule has 1 fully saturated rings. The Morgan fingerprint density at radius 1 is 1.55 bits per heavy atom. The highest BCUT2D eigenvalue weighted by molar-refractivity contribution is 5.87. The zero-order chi connectivity index (χ0) is 14.8. The molecule has 0 heterocycles. The molecule has 0 aromatic heterocycles. The number of halogens is 1. The van der Waals surface area contributed by atoms with Crippen molar-refractivity contribution >= 4 is 5.91 Å². The van der Waals surface area contributed by atoms with Crippen LogP contribution in [0.25, 0.3) is 0 Å². The van der Waals surface area contributed by atoms with Crippen molar-refractivity contribution in [2.45, 2.75) is 38.3 Å². The van der Waals surface area contributed by atoms with E-state index < -0.39 is 11.4 Å². The summed E-state index contributed by atoms with van der Waals surface area (Å²) in [7, 11) is 0. The van der Waals surface area contributed by atoms with Crippen molar-refractivity contribution in [3.05, 3.63) is 35.1 Å². The Balaban J connectivity index is 2.14. The van der Waals surface area contributed by atoms with E-state index in [0.29, 0.717) is 24.9 Å². The molecule has 1 aliphatic rings. The maximum atomic E-state index is 13.9. The molecule has 0 bridgehead atoms. The number of hydrogen-bond donors (Lipinski definition) is 1. The summed E-state index contributed by atoms with van der Waals surface area (Å²) in [6.45, 7) is 2.52. The maximum Gasteiger partial charge on any atom is 0.242 e. The van der Waals surface area contributed by atoms with Crippen molar-refractivity contribution in [2.24, 2.45) is 5.73 Å². The van der Waals surface area contributed by atoms with E-state index in [9.17, 15) is 9.18 Å². The molecule has 0 unspecified atom stereocenters. The zero-order valence-electron chi connectivity index (χ0n) is 11.5.